The number of aliphatic hydroxyl groups is 1. The predicted octanol–water partition coefficient (Wildman–Crippen LogP) is -1.90. The number of nitrogens with one attached hydrogen (secondary N) is 3. The van der Waals surface area contributed by atoms with Gasteiger partial charge in [-0.25, -0.2) is 4.79 Å². The summed E-state index contributed by atoms with van der Waals surface area (Å²) in [7, 11) is 0. The zero-order chi connectivity index (χ0) is 27.4. The minimum Gasteiger partial charge on any atom is -0.508 e. The topological polar surface area (TPSA) is 234 Å². The highest BCUT2D eigenvalue weighted by Crippen LogP contribution is 2.12. The van der Waals surface area contributed by atoms with Crippen molar-refractivity contribution in [2.24, 2.45) is 17.4 Å². The van der Waals surface area contributed by atoms with Crippen molar-refractivity contribution < 1.29 is 39.3 Å². The summed E-state index contributed by atoms with van der Waals surface area (Å²) in [5.74, 6) is -4.46. The van der Waals surface area contributed by atoms with Gasteiger partial charge in [-0.2, -0.15) is 0 Å². The van der Waals surface area contributed by atoms with Gasteiger partial charge in [0, 0.05) is 12.8 Å². The maximum Gasteiger partial charge on any atom is 0.326 e. The first-order valence-corrected chi connectivity index (χ1v) is 11.4. The second-order valence-corrected chi connectivity index (χ2v) is 8.82. The Morgan fingerprint density at radius 1 is 0.889 bits per heavy atom. The molecule has 13 heteroatoms. The van der Waals surface area contributed by atoms with Gasteiger partial charge in [0.1, 0.15) is 23.9 Å². The monoisotopic (exact) mass is 509 g/mol. The van der Waals surface area contributed by atoms with Gasteiger partial charge in [0.05, 0.1) is 12.6 Å². The first-order valence-electron chi connectivity index (χ1n) is 11.4. The number of hydrogen-bond acceptors (Lipinski definition) is 8. The number of phenolic OH excluding ortho intramolecular Hbond substituents is 1. The molecule has 0 aliphatic carbocycles. The highest BCUT2D eigenvalue weighted by atomic mass is 16.4. The van der Waals surface area contributed by atoms with Gasteiger partial charge < -0.3 is 42.7 Å². The van der Waals surface area contributed by atoms with Gasteiger partial charge >= 0.3 is 5.97 Å². The van der Waals surface area contributed by atoms with E-state index in [-0.39, 0.29) is 37.4 Å². The SMILES string of the molecule is CC(C)CC(NC(=O)C(Cc1ccc(O)cc1)NC(=O)C(CO)NC(=O)C(N)CCC(N)=O)C(=O)O. The number of hydrogen-bond donors (Lipinski definition) is 8. The van der Waals surface area contributed by atoms with Crippen LogP contribution in [0.25, 0.3) is 0 Å². The Morgan fingerprint density at radius 2 is 1.42 bits per heavy atom. The van der Waals surface area contributed by atoms with Crippen molar-refractivity contribution in [1.29, 1.82) is 0 Å². The lowest BCUT2D eigenvalue weighted by atomic mass is 10.0. The number of aliphatic hydroxyl groups excluding tert-OH is 1. The molecule has 200 valence electrons. The minimum absolute atomic E-state index is 0.0117. The van der Waals surface area contributed by atoms with Crippen LogP contribution >= 0.6 is 0 Å². The van der Waals surface area contributed by atoms with Crippen molar-refractivity contribution in [3.05, 3.63) is 29.8 Å². The Bertz CT molecular complexity index is 922. The van der Waals surface area contributed by atoms with Crippen molar-refractivity contribution in [2.75, 3.05) is 6.61 Å². The number of phenols is 1. The molecule has 4 unspecified atom stereocenters. The molecule has 4 amide bonds. The molecule has 1 rings (SSSR count). The number of carbonyl (C=O) groups is 5. The van der Waals surface area contributed by atoms with E-state index in [0.29, 0.717) is 5.56 Å². The normalized spacial score (nSPS) is 14.2. The van der Waals surface area contributed by atoms with Crippen LogP contribution in [-0.2, 0) is 30.4 Å². The first-order chi connectivity index (χ1) is 16.8. The summed E-state index contributed by atoms with van der Waals surface area (Å²) in [6, 6.07) is 0.700. The predicted molar refractivity (Wildman–Crippen MR) is 128 cm³/mol. The standard InChI is InChI=1S/C23H35N5O8/c1-12(2)9-17(23(35)36)27-21(33)16(10-13-3-5-14(30)6-4-13)26-22(34)18(11-29)28-20(32)15(24)7-8-19(25)31/h3-6,12,15-18,29-30H,7-11,24H2,1-2H3,(H2,25,31)(H,26,34)(H,27,33)(H,28,32)(H,35,36). The van der Waals surface area contributed by atoms with Crippen LogP contribution in [-0.4, -0.2) is 75.7 Å². The molecule has 1 aromatic rings. The Kier molecular flexibility index (Phi) is 12.3. The molecule has 10 N–H and O–H groups in total. The zero-order valence-electron chi connectivity index (χ0n) is 20.3. The van der Waals surface area contributed by atoms with Gasteiger partial charge in [0.2, 0.25) is 23.6 Å². The van der Waals surface area contributed by atoms with Crippen LogP contribution < -0.4 is 27.4 Å². The van der Waals surface area contributed by atoms with Crippen molar-refractivity contribution in [2.45, 2.75) is 63.7 Å². The van der Waals surface area contributed by atoms with Crippen molar-refractivity contribution in [1.82, 2.24) is 16.0 Å². The van der Waals surface area contributed by atoms with Gasteiger partial charge in [0.25, 0.3) is 0 Å². The maximum absolute atomic E-state index is 13.0. The molecule has 13 nitrogen and oxygen atoms in total. The van der Waals surface area contributed by atoms with Crippen LogP contribution in [0, 0.1) is 5.92 Å². The summed E-state index contributed by atoms with van der Waals surface area (Å²) < 4.78 is 0. The van der Waals surface area contributed by atoms with E-state index in [1.165, 1.54) is 24.3 Å². The first kappa shape index (κ1) is 30.3. The summed E-state index contributed by atoms with van der Waals surface area (Å²) in [6.45, 7) is 2.76. The lowest BCUT2D eigenvalue weighted by molar-refractivity contribution is -0.142. The summed E-state index contributed by atoms with van der Waals surface area (Å²) in [6.07, 6.45) is -0.143. The van der Waals surface area contributed by atoms with Crippen LogP contribution in [0.4, 0.5) is 0 Å². The number of carboxylic acid groups (broad SMARTS) is 1. The van der Waals surface area contributed by atoms with Crippen LogP contribution in [0.15, 0.2) is 24.3 Å². The highest BCUT2D eigenvalue weighted by Gasteiger charge is 2.30. The average Bonchev–Trinajstić information content (AvgIpc) is 2.80. The number of carbonyl (C=O) groups excluding carboxylic acids is 4. The van der Waals surface area contributed by atoms with Gasteiger partial charge in [-0.05, 0) is 36.5 Å². The summed E-state index contributed by atoms with van der Waals surface area (Å²) >= 11 is 0. The third-order valence-electron chi connectivity index (χ3n) is 5.18. The highest BCUT2D eigenvalue weighted by molar-refractivity contribution is 5.94. The van der Waals surface area contributed by atoms with Crippen LogP contribution in [0.3, 0.4) is 0 Å². The summed E-state index contributed by atoms with van der Waals surface area (Å²) in [5, 5.41) is 35.7. The van der Waals surface area contributed by atoms with Crippen LogP contribution in [0.1, 0.15) is 38.7 Å². The molecule has 0 fully saturated rings. The third-order valence-corrected chi connectivity index (χ3v) is 5.18. The number of rotatable bonds is 15. The van der Waals surface area contributed by atoms with Crippen LogP contribution in [0.5, 0.6) is 5.75 Å². The molecule has 0 bridgehead atoms. The fourth-order valence-corrected chi connectivity index (χ4v) is 3.22. The zero-order valence-corrected chi connectivity index (χ0v) is 20.3. The molecule has 0 aliphatic heterocycles. The van der Waals surface area contributed by atoms with E-state index >= 15 is 0 Å². The number of primary amides is 1. The van der Waals surface area contributed by atoms with E-state index in [0.717, 1.165) is 0 Å². The molecule has 0 heterocycles. The Balaban J connectivity index is 3.02. The number of benzene rings is 1. The van der Waals surface area contributed by atoms with Crippen molar-refractivity contribution in [3.63, 3.8) is 0 Å². The summed E-state index contributed by atoms with van der Waals surface area (Å²) in [5.41, 5.74) is 11.3. The number of amides is 4. The van der Waals surface area contributed by atoms with E-state index in [1.54, 1.807) is 13.8 Å². The molecular formula is C23H35N5O8. The molecule has 0 saturated carbocycles. The Hall–Kier alpha value is -3.71. The Labute approximate surface area is 208 Å². The molecule has 0 aromatic heterocycles. The molecule has 0 saturated heterocycles. The molecule has 0 spiro atoms. The van der Waals surface area contributed by atoms with Gasteiger partial charge in [0.15, 0.2) is 0 Å². The number of aliphatic carboxylic acids is 1. The lowest BCUT2D eigenvalue weighted by Gasteiger charge is -2.25. The smallest absolute Gasteiger partial charge is 0.326 e. The second-order valence-electron chi connectivity index (χ2n) is 8.82. The molecule has 1 aromatic carbocycles. The lowest BCUT2D eigenvalue weighted by Crippen LogP contribution is -2.58. The molecule has 36 heavy (non-hydrogen) atoms. The molecular weight excluding hydrogens is 474 g/mol. The Morgan fingerprint density at radius 3 is 1.92 bits per heavy atom. The van der Waals surface area contributed by atoms with Crippen molar-refractivity contribution >= 4 is 29.6 Å². The molecule has 4 atom stereocenters. The van der Waals surface area contributed by atoms with E-state index in [1.807, 2.05) is 0 Å². The third kappa shape index (κ3) is 10.7. The number of aromatic hydroxyl groups is 1. The van der Waals surface area contributed by atoms with Crippen molar-refractivity contribution in [3.8, 4) is 5.75 Å². The van der Waals surface area contributed by atoms with Gasteiger partial charge in [-0.3, -0.25) is 19.2 Å². The van der Waals surface area contributed by atoms with E-state index in [2.05, 4.69) is 16.0 Å². The quantitative estimate of drug-likeness (QED) is 0.132. The van der Waals surface area contributed by atoms with E-state index < -0.39 is 60.4 Å². The van der Waals surface area contributed by atoms with E-state index in [9.17, 15) is 39.3 Å². The average molecular weight is 510 g/mol. The van der Waals surface area contributed by atoms with Gasteiger partial charge in [-0.15, -0.1) is 0 Å². The number of nitrogens with two attached hydrogens (primary N) is 2. The number of carboxylic acids is 1. The summed E-state index contributed by atoms with van der Waals surface area (Å²) in [4.78, 5) is 60.5. The molecule has 0 radical (unpaired) electrons. The van der Waals surface area contributed by atoms with Crippen LogP contribution in [0.2, 0.25) is 0 Å². The fraction of sp³-hybridized carbons (Fsp3) is 0.522. The maximum atomic E-state index is 13.0. The van der Waals surface area contributed by atoms with E-state index in [4.69, 9.17) is 11.5 Å². The largest absolute Gasteiger partial charge is 0.508 e. The minimum atomic E-state index is -1.47. The second kappa shape index (κ2) is 14.6. The van der Waals surface area contributed by atoms with Gasteiger partial charge in [-0.1, -0.05) is 26.0 Å². The molecule has 0 aliphatic rings. The fourth-order valence-electron chi connectivity index (χ4n) is 3.22.